The number of benzene rings is 1. The average molecular weight is 177 g/mol. The van der Waals surface area contributed by atoms with Gasteiger partial charge in [-0.1, -0.05) is 17.7 Å². The van der Waals surface area contributed by atoms with E-state index < -0.39 is 6.10 Å². The molecule has 68 valence electrons. The van der Waals surface area contributed by atoms with Crippen LogP contribution < -0.4 is 5.32 Å². The predicted molar refractivity (Wildman–Crippen MR) is 49.4 cm³/mol. The molecule has 1 unspecified atom stereocenters. The molecule has 1 heterocycles. The van der Waals surface area contributed by atoms with Crippen LogP contribution in [0, 0.1) is 6.92 Å². The Morgan fingerprint density at radius 1 is 1.54 bits per heavy atom. The zero-order valence-electron chi connectivity index (χ0n) is 7.37. The molecule has 0 spiro atoms. The van der Waals surface area contributed by atoms with Gasteiger partial charge in [0, 0.05) is 11.3 Å². The van der Waals surface area contributed by atoms with Crippen LogP contribution in [0.3, 0.4) is 0 Å². The molecule has 0 bridgehead atoms. The van der Waals surface area contributed by atoms with E-state index in [1.165, 1.54) is 0 Å². The first-order valence-corrected chi connectivity index (χ1v) is 4.25. The summed E-state index contributed by atoms with van der Waals surface area (Å²) >= 11 is 0. The van der Waals surface area contributed by atoms with Crippen molar-refractivity contribution >= 4 is 11.6 Å². The van der Waals surface area contributed by atoms with Gasteiger partial charge in [-0.3, -0.25) is 4.79 Å². The van der Waals surface area contributed by atoms with Gasteiger partial charge in [0.05, 0.1) is 12.5 Å². The first-order valence-electron chi connectivity index (χ1n) is 4.25. The number of anilines is 1. The molecule has 1 aliphatic heterocycles. The van der Waals surface area contributed by atoms with Crippen molar-refractivity contribution in [3.8, 4) is 0 Å². The Morgan fingerprint density at radius 3 is 3.08 bits per heavy atom. The van der Waals surface area contributed by atoms with E-state index in [1.807, 2.05) is 25.1 Å². The smallest absolute Gasteiger partial charge is 0.227 e. The van der Waals surface area contributed by atoms with Crippen molar-refractivity contribution in [3.05, 3.63) is 29.3 Å². The van der Waals surface area contributed by atoms with Crippen LogP contribution in [0.5, 0.6) is 0 Å². The maximum atomic E-state index is 11.1. The lowest BCUT2D eigenvalue weighted by atomic mass is 9.98. The summed E-state index contributed by atoms with van der Waals surface area (Å²) in [4.78, 5) is 11.1. The second kappa shape index (κ2) is 2.85. The van der Waals surface area contributed by atoms with E-state index in [0.717, 1.165) is 16.8 Å². The second-order valence-corrected chi connectivity index (χ2v) is 3.36. The minimum absolute atomic E-state index is 0.121. The molecule has 2 N–H and O–H groups in total. The quantitative estimate of drug-likeness (QED) is 0.628. The fraction of sp³-hybridized carbons (Fsp3) is 0.300. The fourth-order valence-electron chi connectivity index (χ4n) is 1.56. The molecular formula is C10H11NO2. The number of hydrogen-bond donors (Lipinski definition) is 2. The topological polar surface area (TPSA) is 49.3 Å². The monoisotopic (exact) mass is 177 g/mol. The number of rotatable bonds is 0. The lowest BCUT2D eigenvalue weighted by Gasteiger charge is -2.21. The molecular weight excluding hydrogens is 166 g/mol. The molecule has 0 saturated heterocycles. The molecule has 1 amide bonds. The highest BCUT2D eigenvalue weighted by Crippen LogP contribution is 2.30. The Balaban J connectivity index is 2.49. The van der Waals surface area contributed by atoms with Gasteiger partial charge in [0.2, 0.25) is 5.91 Å². The number of carbonyl (C=O) groups excluding carboxylic acids is 1. The molecule has 3 heteroatoms. The summed E-state index contributed by atoms with van der Waals surface area (Å²) in [5.74, 6) is -0.121. The molecule has 1 aliphatic rings. The van der Waals surface area contributed by atoms with E-state index in [1.54, 1.807) is 0 Å². The van der Waals surface area contributed by atoms with Crippen LogP contribution in [-0.2, 0) is 4.79 Å². The number of aliphatic hydroxyl groups excluding tert-OH is 1. The van der Waals surface area contributed by atoms with Crippen molar-refractivity contribution in [1.82, 2.24) is 0 Å². The highest BCUT2D eigenvalue weighted by atomic mass is 16.3. The standard InChI is InChI=1S/C10H11NO2/c1-6-2-3-8-7(4-6)9(12)5-10(13)11-8/h2-4,9,12H,5H2,1H3,(H,11,13). The predicted octanol–water partition coefficient (Wildman–Crippen LogP) is 1.37. The van der Waals surface area contributed by atoms with Gasteiger partial charge in [-0.25, -0.2) is 0 Å². The van der Waals surface area contributed by atoms with Gasteiger partial charge in [0.25, 0.3) is 0 Å². The molecule has 1 aromatic rings. The third-order valence-corrected chi connectivity index (χ3v) is 2.22. The molecule has 1 aromatic carbocycles. The fourth-order valence-corrected chi connectivity index (χ4v) is 1.56. The molecule has 3 nitrogen and oxygen atoms in total. The van der Waals surface area contributed by atoms with Gasteiger partial charge < -0.3 is 10.4 Å². The number of aliphatic hydroxyl groups is 1. The minimum Gasteiger partial charge on any atom is -0.388 e. The molecule has 0 aliphatic carbocycles. The summed E-state index contributed by atoms with van der Waals surface area (Å²) in [6.07, 6.45) is -0.486. The molecule has 0 radical (unpaired) electrons. The Labute approximate surface area is 76.4 Å². The maximum absolute atomic E-state index is 11.1. The largest absolute Gasteiger partial charge is 0.388 e. The van der Waals surface area contributed by atoms with Crippen LogP contribution in [0.2, 0.25) is 0 Å². The first-order chi connectivity index (χ1) is 6.16. The lowest BCUT2D eigenvalue weighted by Crippen LogP contribution is -2.22. The summed E-state index contributed by atoms with van der Waals surface area (Å²) < 4.78 is 0. The Morgan fingerprint density at radius 2 is 2.31 bits per heavy atom. The van der Waals surface area contributed by atoms with Crippen molar-refractivity contribution in [2.24, 2.45) is 0 Å². The second-order valence-electron chi connectivity index (χ2n) is 3.36. The summed E-state index contributed by atoms with van der Waals surface area (Å²) in [7, 11) is 0. The highest BCUT2D eigenvalue weighted by molar-refractivity contribution is 5.94. The summed E-state index contributed by atoms with van der Waals surface area (Å²) in [5, 5.41) is 12.3. The third kappa shape index (κ3) is 1.42. The van der Waals surface area contributed by atoms with Crippen LogP contribution in [-0.4, -0.2) is 11.0 Å². The molecule has 2 rings (SSSR count). The summed E-state index contributed by atoms with van der Waals surface area (Å²) in [5.41, 5.74) is 2.64. The van der Waals surface area contributed by atoms with E-state index >= 15 is 0 Å². The number of hydrogen-bond acceptors (Lipinski definition) is 2. The first kappa shape index (κ1) is 8.26. The van der Waals surface area contributed by atoms with Gasteiger partial charge in [-0.15, -0.1) is 0 Å². The van der Waals surface area contributed by atoms with E-state index in [0.29, 0.717) is 0 Å². The van der Waals surface area contributed by atoms with Crippen molar-refractivity contribution in [1.29, 1.82) is 0 Å². The van der Waals surface area contributed by atoms with Crippen LogP contribution in [0.15, 0.2) is 18.2 Å². The lowest BCUT2D eigenvalue weighted by molar-refractivity contribution is -0.118. The Hall–Kier alpha value is -1.35. The Kier molecular flexibility index (Phi) is 1.81. The zero-order valence-corrected chi connectivity index (χ0v) is 7.37. The normalized spacial score (nSPS) is 20.8. The van der Waals surface area contributed by atoms with Crippen molar-refractivity contribution in [2.75, 3.05) is 5.32 Å². The third-order valence-electron chi connectivity index (χ3n) is 2.22. The SMILES string of the molecule is Cc1ccc2c(c1)C(O)CC(=O)N2. The molecule has 1 atom stereocenters. The number of fused-ring (bicyclic) bond motifs is 1. The van der Waals surface area contributed by atoms with Gasteiger partial charge >= 0.3 is 0 Å². The molecule has 0 saturated carbocycles. The molecule has 0 aromatic heterocycles. The Bertz CT molecular complexity index is 360. The van der Waals surface area contributed by atoms with E-state index in [-0.39, 0.29) is 12.3 Å². The highest BCUT2D eigenvalue weighted by Gasteiger charge is 2.22. The number of nitrogens with one attached hydrogen (secondary N) is 1. The van der Waals surface area contributed by atoms with Gasteiger partial charge in [0.1, 0.15) is 0 Å². The number of carbonyl (C=O) groups is 1. The zero-order chi connectivity index (χ0) is 9.42. The van der Waals surface area contributed by atoms with Crippen molar-refractivity contribution in [2.45, 2.75) is 19.4 Å². The van der Waals surface area contributed by atoms with Crippen LogP contribution >= 0.6 is 0 Å². The van der Waals surface area contributed by atoms with Crippen molar-refractivity contribution < 1.29 is 9.90 Å². The van der Waals surface area contributed by atoms with Crippen LogP contribution in [0.25, 0.3) is 0 Å². The molecule has 0 fully saturated rings. The van der Waals surface area contributed by atoms with Crippen LogP contribution in [0.4, 0.5) is 5.69 Å². The minimum atomic E-state index is -0.649. The van der Waals surface area contributed by atoms with E-state index in [2.05, 4.69) is 5.32 Å². The number of aryl methyl sites for hydroxylation is 1. The van der Waals surface area contributed by atoms with E-state index in [9.17, 15) is 9.90 Å². The average Bonchev–Trinajstić information content (AvgIpc) is 2.06. The summed E-state index contributed by atoms with van der Waals surface area (Å²) in [6.45, 7) is 1.96. The molecule has 13 heavy (non-hydrogen) atoms. The van der Waals surface area contributed by atoms with E-state index in [4.69, 9.17) is 0 Å². The van der Waals surface area contributed by atoms with Gasteiger partial charge in [0.15, 0.2) is 0 Å². The van der Waals surface area contributed by atoms with Crippen molar-refractivity contribution in [3.63, 3.8) is 0 Å². The number of amides is 1. The maximum Gasteiger partial charge on any atom is 0.227 e. The van der Waals surface area contributed by atoms with Gasteiger partial charge in [-0.2, -0.15) is 0 Å². The summed E-state index contributed by atoms with van der Waals surface area (Å²) in [6, 6.07) is 5.64. The van der Waals surface area contributed by atoms with Crippen LogP contribution in [0.1, 0.15) is 23.7 Å². The van der Waals surface area contributed by atoms with Gasteiger partial charge in [-0.05, 0) is 13.0 Å².